The topological polar surface area (TPSA) is 65.5 Å². The zero-order valence-electron chi connectivity index (χ0n) is 17.4. The fraction of sp³-hybridized carbons (Fsp3) is 0.318. The lowest BCUT2D eigenvalue weighted by Crippen LogP contribution is -2.35. The van der Waals surface area contributed by atoms with Gasteiger partial charge in [-0.2, -0.15) is 0 Å². The SMILES string of the molecule is C[C@H](c1ccccc1)N1CCC(N(C)c2ccc(S(=O)(=O)Nc3cscn3)cc2Cl)C1. The molecule has 31 heavy (non-hydrogen) atoms. The van der Waals surface area contributed by atoms with Gasteiger partial charge in [0, 0.05) is 37.6 Å². The summed E-state index contributed by atoms with van der Waals surface area (Å²) in [6, 6.07) is 16.0. The molecule has 1 aliphatic rings. The van der Waals surface area contributed by atoms with E-state index >= 15 is 0 Å². The molecule has 164 valence electrons. The lowest BCUT2D eigenvalue weighted by Gasteiger charge is -2.30. The summed E-state index contributed by atoms with van der Waals surface area (Å²) in [7, 11) is -1.72. The van der Waals surface area contributed by atoms with Crippen molar-refractivity contribution in [2.45, 2.75) is 30.3 Å². The Morgan fingerprint density at radius 3 is 2.71 bits per heavy atom. The summed E-state index contributed by atoms with van der Waals surface area (Å²) >= 11 is 7.85. The summed E-state index contributed by atoms with van der Waals surface area (Å²) in [5, 5.41) is 2.06. The Hall–Kier alpha value is -2.13. The Bertz CT molecular complexity index is 1120. The molecule has 1 aliphatic heterocycles. The summed E-state index contributed by atoms with van der Waals surface area (Å²) < 4.78 is 27.7. The highest BCUT2D eigenvalue weighted by atomic mass is 35.5. The molecule has 1 N–H and O–H groups in total. The van der Waals surface area contributed by atoms with Gasteiger partial charge in [0.05, 0.1) is 21.1 Å². The van der Waals surface area contributed by atoms with Gasteiger partial charge in [-0.3, -0.25) is 9.62 Å². The minimum absolute atomic E-state index is 0.119. The standard InChI is InChI=1S/C22H25ClN4O2S2/c1-16(17-6-4-3-5-7-17)27-11-10-18(13-27)26(2)21-9-8-19(12-20(21)23)31(28,29)25-22-14-30-15-24-22/h3-9,12,14-16,18,25H,10-11,13H2,1-2H3/t16-,18?/m1/s1. The van der Waals surface area contributed by atoms with Crippen molar-refractivity contribution in [1.29, 1.82) is 0 Å². The van der Waals surface area contributed by atoms with Crippen molar-refractivity contribution < 1.29 is 8.42 Å². The van der Waals surface area contributed by atoms with Crippen LogP contribution in [0.5, 0.6) is 0 Å². The number of hydrogen-bond donors (Lipinski definition) is 1. The molecule has 4 rings (SSSR count). The van der Waals surface area contributed by atoms with Crippen LogP contribution in [0.25, 0.3) is 0 Å². The first-order chi connectivity index (χ1) is 14.8. The first kappa shape index (κ1) is 22.1. The van der Waals surface area contributed by atoms with E-state index in [0.717, 1.165) is 25.2 Å². The highest BCUT2D eigenvalue weighted by Gasteiger charge is 2.30. The van der Waals surface area contributed by atoms with Crippen molar-refractivity contribution in [2.24, 2.45) is 0 Å². The van der Waals surface area contributed by atoms with Gasteiger partial charge in [0.25, 0.3) is 10.0 Å². The highest BCUT2D eigenvalue weighted by Crippen LogP contribution is 2.33. The fourth-order valence-corrected chi connectivity index (χ4v) is 5.94. The first-order valence-corrected chi connectivity index (χ1v) is 12.9. The monoisotopic (exact) mass is 476 g/mol. The van der Waals surface area contributed by atoms with Gasteiger partial charge in [-0.25, -0.2) is 13.4 Å². The van der Waals surface area contributed by atoms with Gasteiger partial charge in [-0.15, -0.1) is 11.3 Å². The maximum absolute atomic E-state index is 12.6. The molecular formula is C22H25ClN4O2S2. The van der Waals surface area contributed by atoms with Crippen molar-refractivity contribution in [2.75, 3.05) is 29.8 Å². The number of nitrogens with zero attached hydrogens (tertiary/aromatic N) is 3. The number of sulfonamides is 1. The summed E-state index contributed by atoms with van der Waals surface area (Å²) in [5.74, 6) is 0.306. The van der Waals surface area contributed by atoms with Crippen LogP contribution in [0, 0.1) is 0 Å². The number of thiazole rings is 1. The van der Waals surface area contributed by atoms with E-state index in [9.17, 15) is 8.42 Å². The molecule has 3 aromatic rings. The molecule has 1 unspecified atom stereocenters. The molecular weight excluding hydrogens is 452 g/mol. The van der Waals surface area contributed by atoms with E-state index in [1.54, 1.807) is 23.0 Å². The average molecular weight is 477 g/mol. The summed E-state index contributed by atoms with van der Waals surface area (Å²) in [5.41, 5.74) is 3.71. The number of likely N-dealkylation sites (N-methyl/N-ethyl adjacent to an activating group) is 1. The van der Waals surface area contributed by atoms with Gasteiger partial charge in [-0.1, -0.05) is 41.9 Å². The number of halogens is 1. The molecule has 2 aromatic carbocycles. The zero-order valence-corrected chi connectivity index (χ0v) is 19.8. The summed E-state index contributed by atoms with van der Waals surface area (Å²) in [6.07, 6.45) is 1.02. The number of hydrogen-bond acceptors (Lipinski definition) is 6. The van der Waals surface area contributed by atoms with Crippen LogP contribution in [-0.4, -0.2) is 44.5 Å². The molecule has 0 radical (unpaired) electrons. The predicted octanol–water partition coefficient (Wildman–Crippen LogP) is 4.87. The van der Waals surface area contributed by atoms with E-state index in [2.05, 4.69) is 50.7 Å². The Labute approximate surface area is 192 Å². The second-order valence-corrected chi connectivity index (χ2v) is 10.5. The largest absolute Gasteiger partial charge is 0.369 e. The zero-order chi connectivity index (χ0) is 22.0. The minimum Gasteiger partial charge on any atom is -0.369 e. The summed E-state index contributed by atoms with van der Waals surface area (Å²) in [6.45, 7) is 4.17. The molecule has 0 saturated carbocycles. The average Bonchev–Trinajstić information content (AvgIpc) is 3.45. The van der Waals surface area contributed by atoms with Crippen LogP contribution in [0.4, 0.5) is 11.5 Å². The molecule has 0 bridgehead atoms. The minimum atomic E-state index is -3.73. The van der Waals surface area contributed by atoms with Crippen LogP contribution in [0.3, 0.4) is 0 Å². The smallest absolute Gasteiger partial charge is 0.263 e. The normalized spacial score (nSPS) is 18.1. The maximum atomic E-state index is 12.6. The highest BCUT2D eigenvalue weighted by molar-refractivity contribution is 7.92. The number of anilines is 2. The van der Waals surface area contributed by atoms with E-state index in [4.69, 9.17) is 11.6 Å². The lowest BCUT2D eigenvalue weighted by atomic mass is 10.1. The van der Waals surface area contributed by atoms with Crippen LogP contribution in [-0.2, 0) is 10.0 Å². The van der Waals surface area contributed by atoms with Crippen LogP contribution in [0.2, 0.25) is 5.02 Å². The van der Waals surface area contributed by atoms with Crippen LogP contribution >= 0.6 is 22.9 Å². The van der Waals surface area contributed by atoms with Gasteiger partial charge in [0.2, 0.25) is 0 Å². The fourth-order valence-electron chi connectivity index (χ4n) is 3.98. The Morgan fingerprint density at radius 2 is 2.03 bits per heavy atom. The molecule has 9 heteroatoms. The molecule has 0 amide bonds. The Kier molecular flexibility index (Phi) is 6.52. The second kappa shape index (κ2) is 9.16. The van der Waals surface area contributed by atoms with Crippen molar-refractivity contribution >= 4 is 44.5 Å². The van der Waals surface area contributed by atoms with E-state index < -0.39 is 10.0 Å². The van der Waals surface area contributed by atoms with E-state index in [0.29, 0.717) is 22.9 Å². The number of benzene rings is 2. The Balaban J connectivity index is 1.46. The second-order valence-electron chi connectivity index (χ2n) is 7.73. The van der Waals surface area contributed by atoms with Crippen molar-refractivity contribution in [3.63, 3.8) is 0 Å². The van der Waals surface area contributed by atoms with Crippen molar-refractivity contribution in [1.82, 2.24) is 9.88 Å². The molecule has 1 fully saturated rings. The quantitative estimate of drug-likeness (QED) is 0.527. The third kappa shape index (κ3) is 4.87. The van der Waals surface area contributed by atoms with Crippen molar-refractivity contribution in [3.8, 4) is 0 Å². The number of rotatable bonds is 7. The number of aromatic nitrogens is 1. The van der Waals surface area contributed by atoms with Crippen LogP contribution < -0.4 is 9.62 Å². The molecule has 6 nitrogen and oxygen atoms in total. The van der Waals surface area contributed by atoms with E-state index in [-0.39, 0.29) is 4.90 Å². The molecule has 2 heterocycles. The molecule has 0 aliphatic carbocycles. The lowest BCUT2D eigenvalue weighted by molar-refractivity contribution is 0.259. The molecule has 1 saturated heterocycles. The van der Waals surface area contributed by atoms with Gasteiger partial charge in [-0.05, 0) is 37.1 Å². The van der Waals surface area contributed by atoms with Gasteiger partial charge in [0.1, 0.15) is 0 Å². The van der Waals surface area contributed by atoms with E-state index in [1.165, 1.54) is 23.0 Å². The Morgan fingerprint density at radius 1 is 1.26 bits per heavy atom. The maximum Gasteiger partial charge on any atom is 0.263 e. The predicted molar refractivity (Wildman–Crippen MR) is 128 cm³/mol. The third-order valence-electron chi connectivity index (χ3n) is 5.85. The number of nitrogens with one attached hydrogen (secondary N) is 1. The van der Waals surface area contributed by atoms with Gasteiger partial charge >= 0.3 is 0 Å². The number of likely N-dealkylation sites (tertiary alicyclic amines) is 1. The van der Waals surface area contributed by atoms with Crippen LogP contribution in [0.1, 0.15) is 24.9 Å². The van der Waals surface area contributed by atoms with Crippen LogP contribution in [0.15, 0.2) is 64.3 Å². The van der Waals surface area contributed by atoms with E-state index in [1.807, 2.05) is 13.1 Å². The first-order valence-electron chi connectivity index (χ1n) is 10.1. The molecule has 1 aromatic heterocycles. The molecule has 0 spiro atoms. The van der Waals surface area contributed by atoms with Gasteiger partial charge in [0.15, 0.2) is 5.82 Å². The van der Waals surface area contributed by atoms with Gasteiger partial charge < -0.3 is 4.90 Å². The molecule has 2 atom stereocenters. The third-order valence-corrected chi connectivity index (χ3v) is 8.09. The van der Waals surface area contributed by atoms with Crippen molar-refractivity contribution in [3.05, 3.63) is 70.0 Å². The summed E-state index contributed by atoms with van der Waals surface area (Å²) in [4.78, 5) is 8.72.